The van der Waals surface area contributed by atoms with Crippen molar-refractivity contribution in [1.82, 2.24) is 10.2 Å². The van der Waals surface area contributed by atoms with Crippen molar-refractivity contribution in [3.05, 3.63) is 65.5 Å². The third kappa shape index (κ3) is 2.74. The number of para-hydroxylation sites is 1. The molecule has 2 aliphatic heterocycles. The number of anilines is 1. The van der Waals surface area contributed by atoms with Gasteiger partial charge in [0.25, 0.3) is 5.91 Å². The van der Waals surface area contributed by atoms with Gasteiger partial charge in [-0.2, -0.15) is 0 Å². The zero-order valence-electron chi connectivity index (χ0n) is 15.4. The lowest BCUT2D eigenvalue weighted by molar-refractivity contribution is -0.134. The quantitative estimate of drug-likeness (QED) is 0.828. The van der Waals surface area contributed by atoms with Crippen LogP contribution in [0.4, 0.5) is 14.9 Å². The van der Waals surface area contributed by atoms with E-state index in [0.29, 0.717) is 18.5 Å². The highest BCUT2D eigenvalue weighted by Crippen LogP contribution is 2.33. The molecule has 0 bridgehead atoms. The van der Waals surface area contributed by atoms with Crippen LogP contribution in [0.25, 0.3) is 0 Å². The van der Waals surface area contributed by atoms with Crippen LogP contribution >= 0.6 is 0 Å². The van der Waals surface area contributed by atoms with Crippen molar-refractivity contribution < 1.29 is 18.8 Å². The summed E-state index contributed by atoms with van der Waals surface area (Å²) in [4.78, 5) is 41.1. The van der Waals surface area contributed by atoms with Crippen LogP contribution in [0.3, 0.4) is 0 Å². The minimum absolute atomic E-state index is 0.292. The van der Waals surface area contributed by atoms with Crippen LogP contribution in [0.2, 0.25) is 0 Å². The zero-order valence-corrected chi connectivity index (χ0v) is 15.4. The normalized spacial score (nSPS) is 21.1. The lowest BCUT2D eigenvalue weighted by Crippen LogP contribution is -2.45. The second kappa shape index (κ2) is 6.74. The van der Waals surface area contributed by atoms with E-state index in [0.717, 1.165) is 22.6 Å². The predicted octanol–water partition coefficient (Wildman–Crippen LogP) is 2.57. The third-order valence-corrected chi connectivity index (χ3v) is 5.52. The molecule has 1 fully saturated rings. The fraction of sp³-hybridized carbons (Fsp3) is 0.286. The van der Waals surface area contributed by atoms with Crippen molar-refractivity contribution in [3.63, 3.8) is 0 Å². The first-order valence-electron chi connectivity index (χ1n) is 9.24. The summed E-state index contributed by atoms with van der Waals surface area (Å²) in [7, 11) is 0. The SMILES string of the molecule is CC[C@@]1(c2ccc(F)cc2)NC(=O)N(CC(=O)N2CCc3ccccc32)C1=O. The van der Waals surface area contributed by atoms with Gasteiger partial charge in [0.15, 0.2) is 0 Å². The first-order chi connectivity index (χ1) is 13.5. The number of imide groups is 1. The number of hydrogen-bond acceptors (Lipinski definition) is 3. The maximum Gasteiger partial charge on any atom is 0.325 e. The Morgan fingerprint density at radius 2 is 1.86 bits per heavy atom. The van der Waals surface area contributed by atoms with E-state index in [1.165, 1.54) is 24.3 Å². The lowest BCUT2D eigenvalue weighted by Gasteiger charge is -2.26. The lowest BCUT2D eigenvalue weighted by atomic mass is 9.87. The van der Waals surface area contributed by atoms with Gasteiger partial charge < -0.3 is 10.2 Å². The highest BCUT2D eigenvalue weighted by Gasteiger charge is 2.52. The van der Waals surface area contributed by atoms with Gasteiger partial charge in [0.2, 0.25) is 5.91 Å². The molecule has 0 unspecified atom stereocenters. The molecule has 0 saturated carbocycles. The Labute approximate surface area is 161 Å². The van der Waals surface area contributed by atoms with Crippen LogP contribution in [0.5, 0.6) is 0 Å². The first-order valence-corrected chi connectivity index (χ1v) is 9.24. The molecular formula is C21H20FN3O3. The monoisotopic (exact) mass is 381 g/mol. The molecule has 7 heteroatoms. The number of carbonyl (C=O) groups excluding carboxylic acids is 3. The third-order valence-electron chi connectivity index (χ3n) is 5.52. The predicted molar refractivity (Wildman–Crippen MR) is 101 cm³/mol. The molecule has 1 saturated heterocycles. The van der Waals surface area contributed by atoms with E-state index in [-0.39, 0.29) is 12.5 Å². The average molecular weight is 381 g/mol. The van der Waals surface area contributed by atoms with Crippen LogP contribution in [-0.2, 0) is 21.5 Å². The van der Waals surface area contributed by atoms with E-state index in [1.807, 2.05) is 24.3 Å². The molecule has 0 aliphatic carbocycles. The second-order valence-corrected chi connectivity index (χ2v) is 7.01. The fourth-order valence-electron chi connectivity index (χ4n) is 3.96. The van der Waals surface area contributed by atoms with Gasteiger partial charge in [-0.25, -0.2) is 9.18 Å². The number of rotatable bonds is 4. The molecule has 2 aromatic carbocycles. The van der Waals surface area contributed by atoms with E-state index >= 15 is 0 Å². The number of benzene rings is 2. The van der Waals surface area contributed by atoms with Gasteiger partial charge in [0.05, 0.1) is 0 Å². The molecule has 4 amide bonds. The highest BCUT2D eigenvalue weighted by atomic mass is 19.1. The Bertz CT molecular complexity index is 960. The number of urea groups is 1. The summed E-state index contributed by atoms with van der Waals surface area (Å²) in [6.45, 7) is 1.96. The number of fused-ring (bicyclic) bond motifs is 1. The van der Waals surface area contributed by atoms with Crippen molar-refractivity contribution in [2.24, 2.45) is 0 Å². The molecule has 2 aromatic rings. The topological polar surface area (TPSA) is 69.7 Å². The van der Waals surface area contributed by atoms with Gasteiger partial charge in [0.1, 0.15) is 17.9 Å². The summed E-state index contributed by atoms with van der Waals surface area (Å²) >= 11 is 0. The van der Waals surface area contributed by atoms with Crippen molar-refractivity contribution in [2.45, 2.75) is 25.3 Å². The molecular weight excluding hydrogens is 361 g/mol. The van der Waals surface area contributed by atoms with Crippen LogP contribution in [0.1, 0.15) is 24.5 Å². The number of carbonyl (C=O) groups is 3. The van der Waals surface area contributed by atoms with Gasteiger partial charge in [0, 0.05) is 12.2 Å². The van der Waals surface area contributed by atoms with Gasteiger partial charge in [-0.3, -0.25) is 14.5 Å². The molecule has 0 aromatic heterocycles. The van der Waals surface area contributed by atoms with E-state index in [4.69, 9.17) is 0 Å². The van der Waals surface area contributed by atoms with Crippen molar-refractivity contribution in [3.8, 4) is 0 Å². The molecule has 144 valence electrons. The molecule has 2 aliphatic rings. The van der Waals surface area contributed by atoms with Crippen molar-refractivity contribution >= 4 is 23.5 Å². The summed E-state index contributed by atoms with van der Waals surface area (Å²) in [6.07, 6.45) is 1.04. The van der Waals surface area contributed by atoms with Gasteiger partial charge >= 0.3 is 6.03 Å². The molecule has 1 atom stereocenters. The Kier molecular flexibility index (Phi) is 4.37. The number of halogens is 1. The van der Waals surface area contributed by atoms with Gasteiger partial charge in [-0.1, -0.05) is 37.3 Å². The molecule has 0 radical (unpaired) electrons. The summed E-state index contributed by atoms with van der Waals surface area (Å²) < 4.78 is 13.3. The Morgan fingerprint density at radius 1 is 1.14 bits per heavy atom. The summed E-state index contributed by atoms with van der Waals surface area (Å²) in [5, 5.41) is 2.71. The van der Waals surface area contributed by atoms with E-state index in [2.05, 4.69) is 5.32 Å². The number of nitrogens with one attached hydrogen (secondary N) is 1. The second-order valence-electron chi connectivity index (χ2n) is 7.01. The smallest absolute Gasteiger partial charge is 0.319 e. The summed E-state index contributed by atoms with van der Waals surface area (Å²) in [6, 6.07) is 12.5. The van der Waals surface area contributed by atoms with Gasteiger partial charge in [-0.05, 0) is 42.2 Å². The molecule has 1 N–H and O–H groups in total. The Morgan fingerprint density at radius 3 is 2.57 bits per heavy atom. The molecule has 0 spiro atoms. The molecule has 2 heterocycles. The van der Waals surface area contributed by atoms with Crippen LogP contribution in [0.15, 0.2) is 48.5 Å². The van der Waals surface area contributed by atoms with Crippen LogP contribution in [-0.4, -0.2) is 35.8 Å². The van der Waals surface area contributed by atoms with E-state index in [9.17, 15) is 18.8 Å². The van der Waals surface area contributed by atoms with E-state index < -0.39 is 23.3 Å². The minimum atomic E-state index is -1.28. The molecule has 28 heavy (non-hydrogen) atoms. The largest absolute Gasteiger partial charge is 0.325 e. The molecule has 6 nitrogen and oxygen atoms in total. The summed E-state index contributed by atoms with van der Waals surface area (Å²) in [5.74, 6) is -1.22. The van der Waals surface area contributed by atoms with E-state index in [1.54, 1.807) is 11.8 Å². The Hall–Kier alpha value is -3.22. The molecule has 4 rings (SSSR count). The van der Waals surface area contributed by atoms with Gasteiger partial charge in [-0.15, -0.1) is 0 Å². The number of amides is 4. The zero-order chi connectivity index (χ0) is 19.9. The highest BCUT2D eigenvalue weighted by molar-refractivity contribution is 6.11. The van der Waals surface area contributed by atoms with Crippen molar-refractivity contribution in [1.29, 1.82) is 0 Å². The Balaban J connectivity index is 1.58. The minimum Gasteiger partial charge on any atom is -0.319 e. The first kappa shape index (κ1) is 18.2. The van der Waals surface area contributed by atoms with Crippen LogP contribution in [0, 0.1) is 5.82 Å². The van der Waals surface area contributed by atoms with Crippen molar-refractivity contribution in [2.75, 3.05) is 18.0 Å². The maximum atomic E-state index is 13.3. The average Bonchev–Trinajstić information content (AvgIpc) is 3.23. The number of nitrogens with zero attached hydrogens (tertiary/aromatic N) is 2. The van der Waals surface area contributed by atoms with Crippen LogP contribution < -0.4 is 10.2 Å². The fourth-order valence-corrected chi connectivity index (χ4v) is 3.96. The number of hydrogen-bond donors (Lipinski definition) is 1. The standard InChI is InChI=1S/C21H20FN3O3/c1-2-21(15-7-9-16(22)10-8-15)19(27)25(20(28)23-21)13-18(26)24-12-11-14-5-3-4-6-17(14)24/h3-10H,2,11-13H2,1H3,(H,23,28)/t21-/m0/s1. The maximum absolute atomic E-state index is 13.3. The summed E-state index contributed by atoms with van der Waals surface area (Å²) in [5.41, 5.74) is 1.10.